The third-order valence-electron chi connectivity index (χ3n) is 6.10. The number of nitrogens with two attached hydrogens (primary N) is 1. The third kappa shape index (κ3) is 4.15. The number of hydrogen-bond acceptors (Lipinski definition) is 8. The molecule has 1 fully saturated rings. The summed E-state index contributed by atoms with van der Waals surface area (Å²) < 4.78 is 84.6. The van der Waals surface area contributed by atoms with Crippen LogP contribution in [-0.4, -0.2) is 43.4 Å². The molecule has 1 aliphatic rings. The van der Waals surface area contributed by atoms with Gasteiger partial charge in [0.25, 0.3) is 0 Å². The standard InChI is InChI=1S/C24H18F5N5O2S/c1-35-23-32-19-12(22(33-23)34-5-2-7-36-8-6-34)9-14(24(27,28)29)17(18(19)26)11-3-4-15(25)20-16(11)13(10-30)21(31)37-20/h3-4,9H,2,5-8,31H2,1H3. The molecule has 0 amide bonds. The highest BCUT2D eigenvalue weighted by molar-refractivity contribution is 7.23. The maximum absolute atomic E-state index is 16.3. The fourth-order valence-electron chi connectivity index (χ4n) is 4.48. The molecule has 192 valence electrons. The molecule has 1 saturated heterocycles. The molecule has 0 spiro atoms. The monoisotopic (exact) mass is 535 g/mol. The quantitative estimate of drug-likeness (QED) is 0.346. The maximum atomic E-state index is 16.3. The van der Waals surface area contributed by atoms with Crippen LogP contribution in [0.1, 0.15) is 17.5 Å². The van der Waals surface area contributed by atoms with Gasteiger partial charge in [0.05, 0.1) is 29.5 Å². The molecule has 2 aromatic heterocycles. The Bertz CT molecular complexity index is 1570. The van der Waals surface area contributed by atoms with E-state index in [1.807, 2.05) is 0 Å². The molecular weight excluding hydrogens is 517 g/mol. The maximum Gasteiger partial charge on any atom is 0.417 e. The zero-order chi connectivity index (χ0) is 26.5. The summed E-state index contributed by atoms with van der Waals surface area (Å²) in [5.74, 6) is -2.02. The first-order valence-electron chi connectivity index (χ1n) is 11.0. The van der Waals surface area contributed by atoms with Crippen LogP contribution in [0.3, 0.4) is 0 Å². The lowest BCUT2D eigenvalue weighted by atomic mass is 9.92. The van der Waals surface area contributed by atoms with Crippen LogP contribution in [0.4, 0.5) is 32.8 Å². The van der Waals surface area contributed by atoms with Crippen LogP contribution in [-0.2, 0) is 10.9 Å². The van der Waals surface area contributed by atoms with Crippen LogP contribution in [0, 0.1) is 23.0 Å². The molecule has 4 aromatic rings. The molecule has 37 heavy (non-hydrogen) atoms. The van der Waals surface area contributed by atoms with Crippen LogP contribution in [0.2, 0.25) is 0 Å². The molecule has 3 heterocycles. The summed E-state index contributed by atoms with van der Waals surface area (Å²) in [6.07, 6.45) is -4.43. The van der Waals surface area contributed by atoms with Crippen molar-refractivity contribution in [2.45, 2.75) is 12.6 Å². The highest BCUT2D eigenvalue weighted by Crippen LogP contribution is 2.48. The van der Waals surface area contributed by atoms with Crippen molar-refractivity contribution in [3.63, 3.8) is 0 Å². The van der Waals surface area contributed by atoms with Gasteiger partial charge in [0, 0.05) is 36.0 Å². The molecule has 2 N–H and O–H groups in total. The Morgan fingerprint density at radius 2 is 1.97 bits per heavy atom. The number of thiophene rings is 1. The summed E-state index contributed by atoms with van der Waals surface area (Å²) in [5, 5.41) is 9.14. The molecule has 0 aliphatic carbocycles. The number of aromatic nitrogens is 2. The molecule has 0 radical (unpaired) electrons. The second-order valence-electron chi connectivity index (χ2n) is 8.25. The molecule has 13 heteroatoms. The van der Waals surface area contributed by atoms with Gasteiger partial charge in [-0.25, -0.2) is 8.78 Å². The van der Waals surface area contributed by atoms with Crippen molar-refractivity contribution >= 4 is 43.1 Å². The van der Waals surface area contributed by atoms with E-state index in [1.165, 1.54) is 7.11 Å². The normalized spacial score (nSPS) is 14.7. The van der Waals surface area contributed by atoms with Gasteiger partial charge in [0.2, 0.25) is 0 Å². The lowest BCUT2D eigenvalue weighted by Gasteiger charge is -2.24. The van der Waals surface area contributed by atoms with Crippen molar-refractivity contribution in [1.29, 1.82) is 5.26 Å². The first-order valence-corrected chi connectivity index (χ1v) is 11.9. The van der Waals surface area contributed by atoms with E-state index in [-0.39, 0.29) is 43.4 Å². The number of hydrogen-bond donors (Lipinski definition) is 1. The van der Waals surface area contributed by atoms with Gasteiger partial charge in [0.1, 0.15) is 28.2 Å². The highest BCUT2D eigenvalue weighted by Gasteiger charge is 2.38. The number of rotatable bonds is 3. The number of ether oxygens (including phenoxy) is 2. The summed E-state index contributed by atoms with van der Waals surface area (Å²) in [5.41, 5.74) is 2.69. The summed E-state index contributed by atoms with van der Waals surface area (Å²) in [4.78, 5) is 9.97. The van der Waals surface area contributed by atoms with Crippen LogP contribution < -0.4 is 15.4 Å². The van der Waals surface area contributed by atoms with Crippen LogP contribution in [0.15, 0.2) is 18.2 Å². The number of anilines is 2. The zero-order valence-electron chi connectivity index (χ0n) is 19.2. The molecule has 5 rings (SSSR count). The predicted octanol–water partition coefficient (Wildman–Crippen LogP) is 5.50. The molecule has 7 nitrogen and oxygen atoms in total. The topological polar surface area (TPSA) is 97.3 Å². The van der Waals surface area contributed by atoms with E-state index in [1.54, 1.807) is 11.0 Å². The number of alkyl halides is 3. The fourth-order valence-corrected chi connectivity index (χ4v) is 5.43. The Morgan fingerprint density at radius 3 is 2.68 bits per heavy atom. The second-order valence-corrected chi connectivity index (χ2v) is 9.30. The summed E-state index contributed by atoms with van der Waals surface area (Å²) in [6, 6.07) is 4.27. The minimum Gasteiger partial charge on any atom is -0.467 e. The third-order valence-corrected chi connectivity index (χ3v) is 7.13. The van der Waals surface area contributed by atoms with E-state index in [9.17, 15) is 22.8 Å². The summed E-state index contributed by atoms with van der Waals surface area (Å²) in [6.45, 7) is 1.51. The number of benzene rings is 2. The van der Waals surface area contributed by atoms with Crippen LogP contribution >= 0.6 is 11.3 Å². The lowest BCUT2D eigenvalue weighted by Crippen LogP contribution is -2.27. The van der Waals surface area contributed by atoms with Crippen molar-refractivity contribution < 1.29 is 31.4 Å². The summed E-state index contributed by atoms with van der Waals surface area (Å²) in [7, 11) is 1.26. The van der Waals surface area contributed by atoms with E-state index in [2.05, 4.69) is 9.97 Å². The fraction of sp³-hybridized carbons (Fsp3) is 0.292. The van der Waals surface area contributed by atoms with Gasteiger partial charge < -0.3 is 20.1 Å². The molecule has 0 bridgehead atoms. The van der Waals surface area contributed by atoms with Crippen molar-refractivity contribution in [3.05, 3.63) is 41.0 Å². The minimum atomic E-state index is -5.02. The van der Waals surface area contributed by atoms with Crippen molar-refractivity contribution in [2.75, 3.05) is 44.0 Å². The Morgan fingerprint density at radius 1 is 1.19 bits per heavy atom. The molecular formula is C24H18F5N5O2S. The molecule has 0 atom stereocenters. The first kappa shape index (κ1) is 24.9. The number of nitrogens with zero attached hydrogens (tertiary/aromatic N) is 4. The minimum absolute atomic E-state index is 0.0741. The number of nitrogen functional groups attached to an aromatic ring is 1. The van der Waals surface area contributed by atoms with E-state index in [0.717, 1.165) is 18.2 Å². The number of fused-ring (bicyclic) bond motifs is 2. The van der Waals surface area contributed by atoms with Crippen LogP contribution in [0.25, 0.3) is 32.1 Å². The van der Waals surface area contributed by atoms with Crippen molar-refractivity contribution in [1.82, 2.24) is 9.97 Å². The van der Waals surface area contributed by atoms with Gasteiger partial charge in [-0.05, 0) is 24.1 Å². The van der Waals surface area contributed by atoms with E-state index in [4.69, 9.17) is 15.2 Å². The predicted molar refractivity (Wildman–Crippen MR) is 129 cm³/mol. The number of methoxy groups -OCH3 is 1. The van der Waals surface area contributed by atoms with Gasteiger partial charge in [0.15, 0.2) is 5.82 Å². The Balaban J connectivity index is 1.91. The van der Waals surface area contributed by atoms with E-state index in [0.29, 0.717) is 44.1 Å². The van der Waals surface area contributed by atoms with Gasteiger partial charge in [-0.1, -0.05) is 6.07 Å². The number of nitriles is 1. The molecule has 2 aromatic carbocycles. The van der Waals surface area contributed by atoms with Gasteiger partial charge in [-0.2, -0.15) is 28.4 Å². The van der Waals surface area contributed by atoms with Gasteiger partial charge in [-0.15, -0.1) is 11.3 Å². The Kier molecular flexibility index (Phi) is 6.25. The molecule has 0 unspecified atom stereocenters. The van der Waals surface area contributed by atoms with Gasteiger partial charge in [-0.3, -0.25) is 0 Å². The zero-order valence-corrected chi connectivity index (χ0v) is 20.1. The first-order chi connectivity index (χ1) is 17.7. The Hall–Kier alpha value is -3.76. The average molecular weight is 535 g/mol. The van der Waals surface area contributed by atoms with Crippen LogP contribution in [0.5, 0.6) is 6.01 Å². The smallest absolute Gasteiger partial charge is 0.417 e. The lowest BCUT2D eigenvalue weighted by molar-refractivity contribution is -0.137. The SMILES string of the molecule is COc1nc(N2CCCOCC2)c2cc(C(F)(F)F)c(-c3ccc(F)c4sc(N)c(C#N)c34)c(F)c2n1. The average Bonchev–Trinajstić information content (AvgIpc) is 3.02. The highest BCUT2D eigenvalue weighted by atomic mass is 32.1. The van der Waals surface area contributed by atoms with Gasteiger partial charge >= 0.3 is 12.2 Å². The van der Waals surface area contributed by atoms with Crippen molar-refractivity contribution in [2.24, 2.45) is 0 Å². The van der Waals surface area contributed by atoms with E-state index < -0.39 is 34.5 Å². The summed E-state index contributed by atoms with van der Waals surface area (Å²) >= 11 is 0.703. The largest absolute Gasteiger partial charge is 0.467 e. The van der Waals surface area contributed by atoms with E-state index >= 15 is 4.39 Å². The molecule has 0 saturated carbocycles. The number of halogens is 5. The van der Waals surface area contributed by atoms with Crippen molar-refractivity contribution in [3.8, 4) is 23.2 Å². The Labute approximate surface area is 210 Å². The second kappa shape index (κ2) is 9.28. The molecule has 1 aliphatic heterocycles.